The van der Waals surface area contributed by atoms with Crippen LogP contribution in [0.3, 0.4) is 0 Å². The molecule has 0 aliphatic rings. The summed E-state index contributed by atoms with van der Waals surface area (Å²) in [6.07, 6.45) is 0.713. The largest absolute Gasteiger partial charge is 0.508 e. The maximum Gasteiger partial charge on any atom is 0.328 e. The normalized spacial score (nSPS) is 15.4. The lowest BCUT2D eigenvalue weighted by Crippen LogP contribution is -2.58. The lowest BCUT2D eigenvalue weighted by atomic mass is 10.0. The number of nitrogens with two attached hydrogens (primary N) is 1. The zero-order valence-electron chi connectivity index (χ0n) is 18.8. The Labute approximate surface area is 196 Å². The fourth-order valence-corrected chi connectivity index (χ4v) is 3.27. The number of phenolic OH excluding ortho intramolecular Hbond substituents is 1. The Hall–Kier alpha value is -2.83. The maximum atomic E-state index is 13.0. The van der Waals surface area contributed by atoms with Gasteiger partial charge in [0, 0.05) is 6.42 Å². The van der Waals surface area contributed by atoms with Crippen LogP contribution in [0.2, 0.25) is 0 Å². The summed E-state index contributed by atoms with van der Waals surface area (Å²) < 4.78 is 0. The quantitative estimate of drug-likeness (QED) is 0.183. The zero-order chi connectivity index (χ0) is 25.1. The number of benzene rings is 1. The number of aromatic hydroxyl groups is 1. The first-order chi connectivity index (χ1) is 15.5. The molecule has 12 heteroatoms. The van der Waals surface area contributed by atoms with E-state index in [0.717, 1.165) is 0 Å². The van der Waals surface area contributed by atoms with Crippen LogP contribution in [0.25, 0.3) is 0 Å². The highest BCUT2D eigenvalue weighted by molar-refractivity contribution is 7.98. The van der Waals surface area contributed by atoms with Crippen molar-refractivity contribution in [2.24, 2.45) is 5.73 Å². The smallest absolute Gasteiger partial charge is 0.328 e. The van der Waals surface area contributed by atoms with E-state index in [9.17, 15) is 34.5 Å². The number of nitrogens with one attached hydrogen (secondary N) is 3. The van der Waals surface area contributed by atoms with Gasteiger partial charge in [-0.05, 0) is 50.0 Å². The molecule has 1 rings (SSSR count). The van der Waals surface area contributed by atoms with Crippen LogP contribution in [0, 0.1) is 0 Å². The second kappa shape index (κ2) is 13.7. The summed E-state index contributed by atoms with van der Waals surface area (Å²) in [6, 6.07) is 1.46. The summed E-state index contributed by atoms with van der Waals surface area (Å²) in [5.41, 5.74) is 6.24. The predicted octanol–water partition coefficient (Wildman–Crippen LogP) is -1.05. The Morgan fingerprint density at radius 3 is 2.00 bits per heavy atom. The minimum absolute atomic E-state index is 0.0410. The molecule has 0 fully saturated rings. The molecule has 8 N–H and O–H groups in total. The first-order valence-electron chi connectivity index (χ1n) is 10.3. The number of carboxylic acids is 1. The molecule has 0 saturated heterocycles. The van der Waals surface area contributed by atoms with Crippen LogP contribution >= 0.6 is 11.8 Å². The van der Waals surface area contributed by atoms with Gasteiger partial charge < -0.3 is 37.0 Å². The van der Waals surface area contributed by atoms with E-state index in [0.29, 0.717) is 11.3 Å². The van der Waals surface area contributed by atoms with Gasteiger partial charge in [-0.15, -0.1) is 0 Å². The van der Waals surface area contributed by atoms with E-state index in [2.05, 4.69) is 16.0 Å². The first-order valence-corrected chi connectivity index (χ1v) is 11.7. The lowest BCUT2D eigenvalue weighted by Gasteiger charge is -2.25. The maximum absolute atomic E-state index is 13.0. The van der Waals surface area contributed by atoms with E-state index in [1.54, 1.807) is 12.1 Å². The molecule has 0 heterocycles. The van der Waals surface area contributed by atoms with Gasteiger partial charge in [0.1, 0.15) is 17.8 Å². The predicted molar refractivity (Wildman–Crippen MR) is 124 cm³/mol. The van der Waals surface area contributed by atoms with Crippen molar-refractivity contribution in [3.63, 3.8) is 0 Å². The number of carbonyl (C=O) groups excluding carboxylic acids is 3. The summed E-state index contributed by atoms with van der Waals surface area (Å²) in [5, 5.41) is 35.7. The number of hydrogen-bond donors (Lipinski definition) is 7. The minimum Gasteiger partial charge on any atom is -0.508 e. The van der Waals surface area contributed by atoms with Crippen LogP contribution in [0.15, 0.2) is 24.3 Å². The van der Waals surface area contributed by atoms with Gasteiger partial charge in [0.15, 0.2) is 6.04 Å². The highest BCUT2D eigenvalue weighted by Gasteiger charge is 2.31. The van der Waals surface area contributed by atoms with Crippen molar-refractivity contribution >= 4 is 35.5 Å². The Bertz CT molecular complexity index is 817. The van der Waals surface area contributed by atoms with Gasteiger partial charge >= 0.3 is 5.97 Å². The summed E-state index contributed by atoms with van der Waals surface area (Å²) in [6.45, 7) is 2.69. The fraction of sp³-hybridized carbons (Fsp3) is 0.524. The molecule has 3 amide bonds. The van der Waals surface area contributed by atoms with Crippen molar-refractivity contribution in [2.45, 2.75) is 57.0 Å². The van der Waals surface area contributed by atoms with E-state index in [1.165, 1.54) is 37.7 Å². The highest BCUT2D eigenvalue weighted by atomic mass is 32.2. The van der Waals surface area contributed by atoms with Crippen LogP contribution in [0.1, 0.15) is 25.8 Å². The van der Waals surface area contributed by atoms with Crippen molar-refractivity contribution < 1.29 is 34.5 Å². The molecule has 5 atom stereocenters. The summed E-state index contributed by atoms with van der Waals surface area (Å²) in [7, 11) is 0. The van der Waals surface area contributed by atoms with Gasteiger partial charge in [0.25, 0.3) is 0 Å². The third-order valence-corrected chi connectivity index (χ3v) is 5.36. The zero-order valence-corrected chi connectivity index (χ0v) is 19.6. The third kappa shape index (κ3) is 9.68. The number of carboxylic acid groups (broad SMARTS) is 1. The number of aliphatic hydroxyl groups excluding tert-OH is 1. The second-order valence-electron chi connectivity index (χ2n) is 7.63. The number of amides is 3. The Morgan fingerprint density at radius 2 is 1.52 bits per heavy atom. The molecule has 1 aromatic carbocycles. The van der Waals surface area contributed by atoms with E-state index < -0.39 is 54.0 Å². The highest BCUT2D eigenvalue weighted by Crippen LogP contribution is 2.12. The Morgan fingerprint density at radius 1 is 0.970 bits per heavy atom. The van der Waals surface area contributed by atoms with Crippen molar-refractivity contribution in [3.8, 4) is 5.75 Å². The van der Waals surface area contributed by atoms with Crippen molar-refractivity contribution in [1.29, 1.82) is 0 Å². The second-order valence-corrected chi connectivity index (χ2v) is 8.61. The number of aliphatic carboxylic acids is 1. The van der Waals surface area contributed by atoms with Gasteiger partial charge in [-0.3, -0.25) is 14.4 Å². The SMILES string of the molecule is CSCCC(NC(=O)C(Cc1ccc(O)cc1)NC(=O)C(C)N)C(=O)NC(C(=O)O)C(C)O. The molecule has 1 aromatic rings. The number of phenols is 1. The van der Waals surface area contributed by atoms with Gasteiger partial charge in [0.2, 0.25) is 17.7 Å². The molecule has 0 bridgehead atoms. The number of carbonyl (C=O) groups is 4. The summed E-state index contributed by atoms with van der Waals surface area (Å²) in [5.74, 6) is -2.89. The molecular weight excluding hydrogens is 452 g/mol. The Balaban J connectivity index is 3.06. The number of rotatable bonds is 13. The van der Waals surface area contributed by atoms with Crippen LogP contribution in [0.5, 0.6) is 5.75 Å². The van der Waals surface area contributed by atoms with Gasteiger partial charge in [-0.1, -0.05) is 12.1 Å². The number of aliphatic hydroxyl groups is 1. The molecule has 0 aromatic heterocycles. The van der Waals surface area contributed by atoms with Crippen LogP contribution in [-0.2, 0) is 25.6 Å². The van der Waals surface area contributed by atoms with Crippen LogP contribution in [0.4, 0.5) is 0 Å². The average Bonchev–Trinajstić information content (AvgIpc) is 2.74. The lowest BCUT2D eigenvalue weighted by molar-refractivity contribution is -0.145. The molecule has 0 spiro atoms. The van der Waals surface area contributed by atoms with Crippen LogP contribution in [-0.4, -0.2) is 81.3 Å². The van der Waals surface area contributed by atoms with Crippen molar-refractivity contribution in [2.75, 3.05) is 12.0 Å². The van der Waals surface area contributed by atoms with Gasteiger partial charge in [0.05, 0.1) is 12.1 Å². The molecule has 5 unspecified atom stereocenters. The molecule has 0 aliphatic heterocycles. The molecule has 184 valence electrons. The average molecular weight is 485 g/mol. The molecule has 11 nitrogen and oxygen atoms in total. The topological polar surface area (TPSA) is 191 Å². The standard InChI is InChI=1S/C21H32N4O7S/c1-11(22)18(28)24-16(10-13-4-6-14(27)7-5-13)20(30)23-15(8-9-33-3)19(29)25-17(12(2)26)21(31)32/h4-7,11-12,15-17,26-27H,8-10,22H2,1-3H3,(H,23,30)(H,24,28)(H,25,29)(H,31,32). The first kappa shape index (κ1) is 28.2. The molecular formula is C21H32N4O7S. The molecule has 0 radical (unpaired) electrons. The van der Waals surface area contributed by atoms with E-state index >= 15 is 0 Å². The number of thioether (sulfide) groups is 1. The van der Waals surface area contributed by atoms with E-state index in [1.807, 2.05) is 6.26 Å². The molecule has 0 aliphatic carbocycles. The number of hydrogen-bond acceptors (Lipinski definition) is 8. The molecule has 33 heavy (non-hydrogen) atoms. The van der Waals surface area contributed by atoms with E-state index in [4.69, 9.17) is 5.73 Å². The van der Waals surface area contributed by atoms with Gasteiger partial charge in [-0.25, -0.2) is 4.79 Å². The van der Waals surface area contributed by atoms with Crippen molar-refractivity contribution in [1.82, 2.24) is 16.0 Å². The molecule has 0 saturated carbocycles. The van der Waals surface area contributed by atoms with Crippen molar-refractivity contribution in [3.05, 3.63) is 29.8 Å². The summed E-state index contributed by atoms with van der Waals surface area (Å²) >= 11 is 1.43. The van der Waals surface area contributed by atoms with Crippen LogP contribution < -0.4 is 21.7 Å². The summed E-state index contributed by atoms with van der Waals surface area (Å²) in [4.78, 5) is 49.2. The third-order valence-electron chi connectivity index (χ3n) is 4.71. The monoisotopic (exact) mass is 484 g/mol. The fourth-order valence-electron chi connectivity index (χ4n) is 2.80. The van der Waals surface area contributed by atoms with E-state index in [-0.39, 0.29) is 18.6 Å². The Kier molecular flexibility index (Phi) is 11.7. The van der Waals surface area contributed by atoms with Gasteiger partial charge in [-0.2, -0.15) is 11.8 Å². The minimum atomic E-state index is -1.54.